The number of ether oxygens (including phenoxy) is 1. The maximum absolute atomic E-state index is 12.4. The summed E-state index contributed by atoms with van der Waals surface area (Å²) < 4.78 is 6.43. The van der Waals surface area contributed by atoms with E-state index in [2.05, 4.69) is 32.8 Å². The predicted octanol–water partition coefficient (Wildman–Crippen LogP) is 3.58. The van der Waals surface area contributed by atoms with Crippen LogP contribution in [0.2, 0.25) is 0 Å². The molecule has 1 fully saturated rings. The molecule has 0 unspecified atom stereocenters. The summed E-state index contributed by atoms with van der Waals surface area (Å²) in [4.78, 5) is 26.7. The van der Waals surface area contributed by atoms with Crippen molar-refractivity contribution < 1.29 is 14.3 Å². The Bertz CT molecular complexity index is 784. The van der Waals surface area contributed by atoms with Crippen LogP contribution in [-0.4, -0.2) is 38.0 Å². The van der Waals surface area contributed by atoms with Crippen LogP contribution in [0.4, 0.5) is 11.4 Å². The van der Waals surface area contributed by atoms with Gasteiger partial charge in [-0.2, -0.15) is 0 Å². The molecule has 2 aromatic rings. The molecule has 2 aromatic carbocycles. The van der Waals surface area contributed by atoms with Crippen molar-refractivity contribution in [3.05, 3.63) is 57.2 Å². The monoisotopic (exact) mass is 450 g/mol. The predicted molar refractivity (Wildman–Crippen MR) is 107 cm³/mol. The number of nitrogens with zero attached hydrogens (tertiary/aromatic N) is 1. The highest BCUT2D eigenvalue weighted by Crippen LogP contribution is 2.25. The molecular weight excluding hydrogens is 431 g/mol. The number of Topliss-reactive ketones (excluding diaryl/α,β-unsaturated/α-hetero) is 1. The van der Waals surface area contributed by atoms with E-state index in [0.717, 1.165) is 22.3 Å². The van der Waals surface area contributed by atoms with Gasteiger partial charge in [-0.05, 0) is 72.0 Å². The minimum atomic E-state index is -0.224. The van der Waals surface area contributed by atoms with Crippen LogP contribution in [0.25, 0.3) is 0 Å². The average molecular weight is 450 g/mol. The van der Waals surface area contributed by atoms with Gasteiger partial charge >= 0.3 is 0 Å². The van der Waals surface area contributed by atoms with Gasteiger partial charge in [0.1, 0.15) is 0 Å². The molecule has 0 aromatic heterocycles. The molecule has 6 heteroatoms. The van der Waals surface area contributed by atoms with E-state index in [1.807, 2.05) is 24.3 Å². The molecule has 1 amide bonds. The van der Waals surface area contributed by atoms with Gasteiger partial charge < -0.3 is 15.0 Å². The highest BCUT2D eigenvalue weighted by atomic mass is 127. The molecule has 5 nitrogen and oxygen atoms in total. The van der Waals surface area contributed by atoms with Gasteiger partial charge in [0.05, 0.1) is 18.9 Å². The molecule has 1 aliphatic rings. The zero-order valence-corrected chi connectivity index (χ0v) is 16.1. The molecule has 0 bridgehead atoms. The maximum atomic E-state index is 12.4. The standard InChI is InChI=1S/C19H19IN2O3/c1-13(23)17-12-16(22-8-10-25-11-9-22)6-7-18(17)21-19(24)14-2-4-15(20)5-3-14/h2-7,12H,8-11H2,1H3,(H,21,24). The zero-order valence-electron chi connectivity index (χ0n) is 13.9. The number of halogens is 1. The molecule has 0 aliphatic carbocycles. The van der Waals surface area contributed by atoms with Gasteiger partial charge in [0, 0.05) is 33.5 Å². The Hall–Kier alpha value is -1.93. The van der Waals surface area contributed by atoms with Gasteiger partial charge in [-0.1, -0.05) is 0 Å². The largest absolute Gasteiger partial charge is 0.378 e. The molecule has 0 spiro atoms. The molecule has 25 heavy (non-hydrogen) atoms. The maximum Gasteiger partial charge on any atom is 0.255 e. The first-order chi connectivity index (χ1) is 12.0. The summed E-state index contributed by atoms with van der Waals surface area (Å²) in [7, 11) is 0. The van der Waals surface area contributed by atoms with E-state index in [4.69, 9.17) is 4.74 Å². The molecule has 1 N–H and O–H groups in total. The Kier molecular flexibility index (Phi) is 5.70. The van der Waals surface area contributed by atoms with Crippen molar-refractivity contribution >= 4 is 45.7 Å². The van der Waals surface area contributed by atoms with Crippen molar-refractivity contribution in [2.75, 3.05) is 36.5 Å². The second-order valence-corrected chi connectivity index (χ2v) is 7.09. The number of anilines is 2. The van der Waals surface area contributed by atoms with Gasteiger partial charge in [0.25, 0.3) is 5.91 Å². The molecule has 3 rings (SSSR count). The van der Waals surface area contributed by atoms with Crippen LogP contribution < -0.4 is 10.2 Å². The van der Waals surface area contributed by atoms with Gasteiger partial charge in [-0.25, -0.2) is 0 Å². The summed E-state index contributed by atoms with van der Waals surface area (Å²) in [6.45, 7) is 4.47. The molecular formula is C19H19IN2O3. The van der Waals surface area contributed by atoms with E-state index in [1.54, 1.807) is 18.2 Å². The summed E-state index contributed by atoms with van der Waals surface area (Å²) in [5, 5.41) is 2.85. The van der Waals surface area contributed by atoms with E-state index in [-0.39, 0.29) is 11.7 Å². The first kappa shape index (κ1) is 17.9. The van der Waals surface area contributed by atoms with Gasteiger partial charge in [-0.15, -0.1) is 0 Å². The van der Waals surface area contributed by atoms with Crippen molar-refractivity contribution in [3.63, 3.8) is 0 Å². The van der Waals surface area contributed by atoms with Crippen molar-refractivity contribution in [1.82, 2.24) is 0 Å². The number of hydrogen-bond donors (Lipinski definition) is 1. The fraction of sp³-hybridized carbons (Fsp3) is 0.263. The number of ketones is 1. The van der Waals surface area contributed by atoms with Crippen molar-refractivity contribution in [3.8, 4) is 0 Å². The van der Waals surface area contributed by atoms with Crippen molar-refractivity contribution in [2.24, 2.45) is 0 Å². The lowest BCUT2D eigenvalue weighted by atomic mass is 10.1. The average Bonchev–Trinajstić information content (AvgIpc) is 2.63. The summed E-state index contributed by atoms with van der Waals surface area (Å²) >= 11 is 2.19. The minimum absolute atomic E-state index is 0.0759. The first-order valence-electron chi connectivity index (χ1n) is 8.09. The van der Waals surface area contributed by atoms with Gasteiger partial charge in [0.15, 0.2) is 5.78 Å². The topological polar surface area (TPSA) is 58.6 Å². The molecule has 0 saturated carbocycles. The van der Waals surface area contributed by atoms with E-state index < -0.39 is 0 Å². The van der Waals surface area contributed by atoms with Crippen LogP contribution in [0, 0.1) is 3.57 Å². The number of carbonyl (C=O) groups excluding carboxylic acids is 2. The van der Waals surface area contributed by atoms with Crippen LogP contribution in [-0.2, 0) is 4.74 Å². The Morgan fingerprint density at radius 3 is 2.40 bits per heavy atom. The SMILES string of the molecule is CC(=O)c1cc(N2CCOCC2)ccc1NC(=O)c1ccc(I)cc1. The second-order valence-electron chi connectivity index (χ2n) is 5.85. The van der Waals surface area contributed by atoms with Crippen LogP contribution in [0.1, 0.15) is 27.6 Å². The van der Waals surface area contributed by atoms with Crippen molar-refractivity contribution in [1.29, 1.82) is 0 Å². The zero-order chi connectivity index (χ0) is 17.8. The fourth-order valence-electron chi connectivity index (χ4n) is 2.75. The van der Waals surface area contributed by atoms with E-state index in [9.17, 15) is 9.59 Å². The molecule has 0 radical (unpaired) electrons. The number of amides is 1. The lowest BCUT2D eigenvalue weighted by molar-refractivity contribution is 0.101. The first-order valence-corrected chi connectivity index (χ1v) is 9.17. The third-order valence-corrected chi connectivity index (χ3v) is 4.83. The highest BCUT2D eigenvalue weighted by Gasteiger charge is 2.16. The number of hydrogen-bond acceptors (Lipinski definition) is 4. The Morgan fingerprint density at radius 2 is 1.76 bits per heavy atom. The highest BCUT2D eigenvalue weighted by molar-refractivity contribution is 14.1. The number of nitrogens with one attached hydrogen (secondary N) is 1. The normalized spacial score (nSPS) is 14.2. The fourth-order valence-corrected chi connectivity index (χ4v) is 3.11. The number of carbonyl (C=O) groups is 2. The quantitative estimate of drug-likeness (QED) is 0.572. The summed E-state index contributed by atoms with van der Waals surface area (Å²) in [5.41, 5.74) is 2.59. The van der Waals surface area contributed by atoms with Crippen LogP contribution >= 0.6 is 22.6 Å². The van der Waals surface area contributed by atoms with E-state index >= 15 is 0 Å². The molecule has 0 atom stereocenters. The molecule has 1 aliphatic heterocycles. The van der Waals surface area contributed by atoms with Gasteiger partial charge in [-0.3, -0.25) is 9.59 Å². The summed E-state index contributed by atoms with van der Waals surface area (Å²) in [6, 6.07) is 12.9. The van der Waals surface area contributed by atoms with Crippen LogP contribution in [0.15, 0.2) is 42.5 Å². The lowest BCUT2D eigenvalue weighted by Crippen LogP contribution is -2.36. The third kappa shape index (κ3) is 4.38. The second kappa shape index (κ2) is 7.97. The van der Waals surface area contributed by atoms with Gasteiger partial charge in [0.2, 0.25) is 0 Å². The number of morpholine rings is 1. The molecule has 1 heterocycles. The third-order valence-electron chi connectivity index (χ3n) is 4.11. The Morgan fingerprint density at radius 1 is 1.08 bits per heavy atom. The Balaban J connectivity index is 1.83. The molecule has 130 valence electrons. The number of benzene rings is 2. The lowest BCUT2D eigenvalue weighted by Gasteiger charge is -2.29. The van der Waals surface area contributed by atoms with Crippen LogP contribution in [0.3, 0.4) is 0 Å². The minimum Gasteiger partial charge on any atom is -0.378 e. The summed E-state index contributed by atoms with van der Waals surface area (Å²) in [5.74, 6) is -0.300. The molecule has 1 saturated heterocycles. The van der Waals surface area contributed by atoms with Crippen LogP contribution in [0.5, 0.6) is 0 Å². The van der Waals surface area contributed by atoms with E-state index in [0.29, 0.717) is 30.0 Å². The van der Waals surface area contributed by atoms with E-state index in [1.165, 1.54) is 6.92 Å². The summed E-state index contributed by atoms with van der Waals surface area (Å²) in [6.07, 6.45) is 0. The Labute approximate surface area is 160 Å². The number of rotatable bonds is 4. The van der Waals surface area contributed by atoms with Crippen molar-refractivity contribution in [2.45, 2.75) is 6.92 Å². The smallest absolute Gasteiger partial charge is 0.255 e.